The molecule has 0 amide bonds. The number of nitrogens with zero attached hydrogens (tertiary/aromatic N) is 3. The number of aromatic nitrogens is 1. The molecular weight excluding hydrogens is 899 g/mol. The number of azo groups is 1. The first-order chi connectivity index (χ1) is 36.2. The fourth-order valence-corrected chi connectivity index (χ4v) is 9.80. The molecule has 1 heterocycles. The number of rotatable bonds is 53. The van der Waals surface area contributed by atoms with Crippen LogP contribution in [0.15, 0.2) is 71.2 Å². The van der Waals surface area contributed by atoms with E-state index in [0.717, 1.165) is 59.2 Å². The van der Waals surface area contributed by atoms with Crippen LogP contribution in [0.4, 0.5) is 11.4 Å². The predicted molar refractivity (Wildman–Crippen MR) is 313 cm³/mol. The Morgan fingerprint density at radius 1 is 0.315 bits per heavy atom. The summed E-state index contributed by atoms with van der Waals surface area (Å²) >= 11 is 0. The highest BCUT2D eigenvalue weighted by molar-refractivity contribution is 5.54. The van der Waals surface area contributed by atoms with Gasteiger partial charge < -0.3 is 18.9 Å². The van der Waals surface area contributed by atoms with Crippen LogP contribution in [0.1, 0.15) is 296 Å². The zero-order chi connectivity index (χ0) is 51.6. The van der Waals surface area contributed by atoms with Gasteiger partial charge in [-0.15, -0.1) is 0 Å². The van der Waals surface area contributed by atoms with Crippen LogP contribution in [0.3, 0.4) is 0 Å². The topological polar surface area (TPSA) is 74.5 Å². The molecule has 0 saturated carbocycles. The summed E-state index contributed by atoms with van der Waals surface area (Å²) in [7, 11) is 0. The van der Waals surface area contributed by atoms with E-state index in [0.29, 0.717) is 26.4 Å². The Morgan fingerprint density at radius 2 is 0.603 bits per heavy atom. The normalized spacial score (nSPS) is 11.5. The van der Waals surface area contributed by atoms with Crippen LogP contribution in [-0.2, 0) is 6.61 Å². The standard InChI is InChI=1S/C66H111N3O4/c1-4-7-10-13-16-19-22-25-28-31-34-37-40-43-54-70-64-57-60(59-73-63-48-46-61(47-49-63)68-69-62-50-52-67-53-51-62)58-65(71-55-44-41-38-35-32-29-26-23-20-17-14-11-8-5-2)66(64)72-56-45-42-39-36-33-30-27-24-21-18-15-12-9-6-3/h46-53,57-58H,4-45,54-56,59H2,1-3H3. The summed E-state index contributed by atoms with van der Waals surface area (Å²) < 4.78 is 26.4. The Labute approximate surface area is 450 Å². The van der Waals surface area contributed by atoms with Crippen LogP contribution in [0.25, 0.3) is 0 Å². The van der Waals surface area contributed by atoms with E-state index >= 15 is 0 Å². The maximum atomic E-state index is 6.70. The summed E-state index contributed by atoms with van der Waals surface area (Å²) in [4.78, 5) is 4.07. The van der Waals surface area contributed by atoms with Crippen LogP contribution >= 0.6 is 0 Å². The van der Waals surface area contributed by atoms with Gasteiger partial charge in [0, 0.05) is 12.4 Å². The Bertz CT molecular complexity index is 1610. The van der Waals surface area contributed by atoms with Crippen molar-refractivity contribution in [3.05, 3.63) is 66.5 Å². The van der Waals surface area contributed by atoms with Crippen LogP contribution < -0.4 is 18.9 Å². The molecule has 0 radical (unpaired) electrons. The first-order valence-electron chi connectivity index (χ1n) is 31.3. The first kappa shape index (κ1) is 63.7. The minimum Gasteiger partial charge on any atom is -0.490 e. The summed E-state index contributed by atoms with van der Waals surface area (Å²) in [6.07, 6.45) is 59.8. The number of ether oxygens (including phenoxy) is 4. The van der Waals surface area contributed by atoms with Gasteiger partial charge in [-0.25, -0.2) is 0 Å². The van der Waals surface area contributed by atoms with Gasteiger partial charge >= 0.3 is 0 Å². The summed E-state index contributed by atoms with van der Waals surface area (Å²) in [6.45, 7) is 9.30. The average molecular weight is 1010 g/mol. The highest BCUT2D eigenvalue weighted by atomic mass is 16.5. The molecule has 0 aliphatic rings. The smallest absolute Gasteiger partial charge is 0.203 e. The van der Waals surface area contributed by atoms with E-state index in [1.807, 2.05) is 36.4 Å². The Kier molecular flexibility index (Phi) is 41.9. The second-order valence-corrected chi connectivity index (χ2v) is 21.4. The average Bonchev–Trinajstić information content (AvgIpc) is 3.41. The largest absolute Gasteiger partial charge is 0.490 e. The second-order valence-electron chi connectivity index (χ2n) is 21.4. The predicted octanol–water partition coefficient (Wildman–Crippen LogP) is 22.7. The molecule has 7 heteroatoms. The van der Waals surface area contributed by atoms with Crippen LogP contribution in [0, 0.1) is 0 Å². The van der Waals surface area contributed by atoms with E-state index in [4.69, 9.17) is 18.9 Å². The van der Waals surface area contributed by atoms with Crippen molar-refractivity contribution in [1.29, 1.82) is 0 Å². The third-order valence-electron chi connectivity index (χ3n) is 14.5. The molecule has 0 spiro atoms. The number of hydrogen-bond acceptors (Lipinski definition) is 7. The van der Waals surface area contributed by atoms with E-state index in [-0.39, 0.29) is 0 Å². The van der Waals surface area contributed by atoms with Crippen molar-refractivity contribution >= 4 is 11.4 Å². The van der Waals surface area contributed by atoms with Crippen molar-refractivity contribution in [3.63, 3.8) is 0 Å². The molecule has 0 fully saturated rings. The molecule has 7 nitrogen and oxygen atoms in total. The molecule has 1 aromatic heterocycles. The van der Waals surface area contributed by atoms with Crippen molar-refractivity contribution in [3.8, 4) is 23.0 Å². The molecule has 0 N–H and O–H groups in total. The molecule has 0 saturated heterocycles. The van der Waals surface area contributed by atoms with Gasteiger partial charge in [-0.1, -0.05) is 271 Å². The van der Waals surface area contributed by atoms with Crippen LogP contribution in [0.5, 0.6) is 23.0 Å². The Hall–Kier alpha value is -3.61. The quantitative estimate of drug-likeness (QED) is 0.0416. The minimum absolute atomic E-state index is 0.390. The van der Waals surface area contributed by atoms with Gasteiger partial charge in [-0.3, -0.25) is 4.98 Å². The van der Waals surface area contributed by atoms with Crippen molar-refractivity contribution in [2.24, 2.45) is 10.2 Å². The van der Waals surface area contributed by atoms with Gasteiger partial charge in [-0.2, -0.15) is 10.2 Å². The van der Waals surface area contributed by atoms with Gasteiger partial charge in [0.05, 0.1) is 31.2 Å². The molecule has 0 aliphatic carbocycles. The third-order valence-corrected chi connectivity index (χ3v) is 14.5. The van der Waals surface area contributed by atoms with E-state index in [9.17, 15) is 0 Å². The SMILES string of the molecule is CCCCCCCCCCCCCCCCOc1cc(COc2ccc(N=Nc3ccncc3)cc2)cc(OCCCCCCCCCCCCCCCC)c1OCCCCCCCCCCCCCCCC. The molecule has 414 valence electrons. The number of benzene rings is 2. The van der Waals surface area contributed by atoms with Gasteiger partial charge in [0.2, 0.25) is 5.75 Å². The lowest BCUT2D eigenvalue weighted by Gasteiger charge is -2.19. The van der Waals surface area contributed by atoms with E-state index in [1.165, 1.54) is 250 Å². The lowest BCUT2D eigenvalue weighted by Crippen LogP contribution is -2.08. The first-order valence-corrected chi connectivity index (χ1v) is 31.3. The van der Waals surface area contributed by atoms with Crippen LogP contribution in [0.2, 0.25) is 0 Å². The summed E-state index contributed by atoms with van der Waals surface area (Å²) in [5.74, 6) is 3.10. The van der Waals surface area contributed by atoms with Gasteiger partial charge in [0.15, 0.2) is 11.5 Å². The lowest BCUT2D eigenvalue weighted by atomic mass is 10.0. The lowest BCUT2D eigenvalue weighted by molar-refractivity contribution is 0.232. The Morgan fingerprint density at radius 3 is 0.932 bits per heavy atom. The summed E-state index contributed by atoms with van der Waals surface area (Å²) in [5, 5.41) is 8.73. The van der Waals surface area contributed by atoms with E-state index < -0.39 is 0 Å². The molecule has 2 aromatic carbocycles. The van der Waals surface area contributed by atoms with Crippen molar-refractivity contribution in [1.82, 2.24) is 4.98 Å². The highest BCUT2D eigenvalue weighted by Crippen LogP contribution is 2.40. The zero-order valence-electron chi connectivity index (χ0n) is 47.8. The fraction of sp³-hybridized carbons (Fsp3) is 0.742. The zero-order valence-corrected chi connectivity index (χ0v) is 47.8. The van der Waals surface area contributed by atoms with Gasteiger partial charge in [-0.05, 0) is 73.4 Å². The third kappa shape index (κ3) is 36.1. The van der Waals surface area contributed by atoms with E-state index in [1.54, 1.807) is 12.4 Å². The summed E-state index contributed by atoms with van der Waals surface area (Å²) in [5.41, 5.74) is 2.55. The second kappa shape index (κ2) is 48.1. The molecule has 0 unspecified atom stereocenters. The summed E-state index contributed by atoms with van der Waals surface area (Å²) in [6, 6.07) is 15.7. The maximum absolute atomic E-state index is 6.70. The van der Waals surface area contributed by atoms with E-state index in [2.05, 4.69) is 48.1 Å². The van der Waals surface area contributed by atoms with Gasteiger partial charge in [0.25, 0.3) is 0 Å². The fourth-order valence-electron chi connectivity index (χ4n) is 9.80. The molecule has 3 rings (SSSR count). The molecule has 0 atom stereocenters. The highest BCUT2D eigenvalue weighted by Gasteiger charge is 2.17. The number of unbranched alkanes of at least 4 members (excludes halogenated alkanes) is 39. The monoisotopic (exact) mass is 1010 g/mol. The molecule has 73 heavy (non-hydrogen) atoms. The van der Waals surface area contributed by atoms with Gasteiger partial charge in [0.1, 0.15) is 12.4 Å². The molecule has 0 aliphatic heterocycles. The molecular formula is C66H111N3O4. The number of hydrogen-bond donors (Lipinski definition) is 0. The minimum atomic E-state index is 0.390. The van der Waals surface area contributed by atoms with Crippen molar-refractivity contribution in [2.75, 3.05) is 19.8 Å². The van der Waals surface area contributed by atoms with Crippen LogP contribution in [-0.4, -0.2) is 24.8 Å². The number of pyridine rings is 1. The molecule has 3 aromatic rings. The van der Waals surface area contributed by atoms with Crippen molar-refractivity contribution in [2.45, 2.75) is 297 Å². The Balaban J connectivity index is 1.56. The maximum Gasteiger partial charge on any atom is 0.203 e. The molecule has 0 bridgehead atoms. The van der Waals surface area contributed by atoms with Crippen molar-refractivity contribution < 1.29 is 18.9 Å².